The minimum absolute atomic E-state index is 0.112. The highest BCUT2D eigenvalue weighted by Gasteiger charge is 2.31. The van der Waals surface area contributed by atoms with Gasteiger partial charge in [0, 0.05) is 11.6 Å². The topological polar surface area (TPSA) is 98.5 Å². The molecule has 0 heterocycles. The van der Waals surface area contributed by atoms with Gasteiger partial charge in [-0.1, -0.05) is 12.1 Å². The zero-order valence-electron chi connectivity index (χ0n) is 13.3. The van der Waals surface area contributed by atoms with Crippen LogP contribution in [0.25, 0.3) is 0 Å². The van der Waals surface area contributed by atoms with Gasteiger partial charge >= 0.3 is 12.1 Å². The summed E-state index contributed by atoms with van der Waals surface area (Å²) in [6, 6.07) is 2.56. The van der Waals surface area contributed by atoms with Crippen LogP contribution in [0, 0.1) is 0 Å². The fourth-order valence-electron chi connectivity index (χ4n) is 1.82. The molecule has 6 nitrogen and oxygen atoms in total. The van der Waals surface area contributed by atoms with Gasteiger partial charge < -0.3 is 15.8 Å². The second kappa shape index (κ2) is 8.86. The molecular weight excluding hydrogens is 341 g/mol. The summed E-state index contributed by atoms with van der Waals surface area (Å²) in [5, 5.41) is 2.23. The normalized spacial score (nSPS) is 12.6. The lowest BCUT2D eigenvalue weighted by molar-refractivity contribution is -0.138. The van der Waals surface area contributed by atoms with Crippen LogP contribution in [0.2, 0.25) is 0 Å². The Balaban J connectivity index is 2.80. The van der Waals surface area contributed by atoms with Crippen LogP contribution in [-0.2, 0) is 20.5 Å². The van der Waals surface area contributed by atoms with Crippen molar-refractivity contribution < 1.29 is 32.3 Å². The van der Waals surface area contributed by atoms with E-state index < -0.39 is 35.6 Å². The molecule has 1 aromatic rings. The number of carbonyl (C=O) groups excluding carboxylic acids is 3. The van der Waals surface area contributed by atoms with Crippen molar-refractivity contribution in [2.45, 2.75) is 25.6 Å². The van der Waals surface area contributed by atoms with Crippen molar-refractivity contribution in [2.75, 3.05) is 6.61 Å². The Bertz CT molecular complexity index is 672. The van der Waals surface area contributed by atoms with E-state index in [9.17, 15) is 27.6 Å². The maximum absolute atomic E-state index is 12.7. The lowest BCUT2D eigenvalue weighted by Gasteiger charge is -2.14. The van der Waals surface area contributed by atoms with Gasteiger partial charge in [-0.3, -0.25) is 9.59 Å². The van der Waals surface area contributed by atoms with Crippen molar-refractivity contribution in [3.05, 3.63) is 47.5 Å². The number of esters is 1. The fourth-order valence-corrected chi connectivity index (χ4v) is 1.82. The monoisotopic (exact) mass is 358 g/mol. The summed E-state index contributed by atoms with van der Waals surface area (Å²) in [5.41, 5.74) is 3.90. The molecule has 0 aromatic heterocycles. The molecule has 1 aromatic carbocycles. The van der Waals surface area contributed by atoms with Gasteiger partial charge in [0.2, 0.25) is 5.91 Å². The Kier molecular flexibility index (Phi) is 7.16. The van der Waals surface area contributed by atoms with E-state index in [2.05, 4.69) is 10.1 Å². The van der Waals surface area contributed by atoms with E-state index in [1.165, 1.54) is 12.1 Å². The molecular formula is C16H17F3N2O4. The van der Waals surface area contributed by atoms with E-state index in [1.807, 2.05) is 0 Å². The second-order valence-corrected chi connectivity index (χ2v) is 4.90. The number of alkyl halides is 3. The third-order valence-electron chi connectivity index (χ3n) is 3.01. The number of carbonyl (C=O) groups is 3. The van der Waals surface area contributed by atoms with Crippen LogP contribution >= 0.6 is 0 Å². The van der Waals surface area contributed by atoms with Crippen LogP contribution < -0.4 is 11.1 Å². The zero-order chi connectivity index (χ0) is 19.0. The first-order chi connectivity index (χ1) is 11.6. The third kappa shape index (κ3) is 6.66. The largest absolute Gasteiger partial charge is 0.463 e. The van der Waals surface area contributed by atoms with Gasteiger partial charge in [-0.25, -0.2) is 4.79 Å². The maximum atomic E-state index is 12.7. The van der Waals surface area contributed by atoms with Crippen LogP contribution in [0.5, 0.6) is 0 Å². The number of ether oxygens (including phenoxy) is 1. The fraction of sp³-hybridized carbons (Fsp3) is 0.312. The van der Waals surface area contributed by atoms with Gasteiger partial charge in [-0.05, 0) is 31.5 Å². The molecule has 0 aliphatic carbocycles. The lowest BCUT2D eigenvalue weighted by atomic mass is 10.1. The van der Waals surface area contributed by atoms with Crippen molar-refractivity contribution >= 4 is 17.8 Å². The molecule has 0 radical (unpaired) electrons. The predicted octanol–water partition coefficient (Wildman–Crippen LogP) is 1.80. The summed E-state index contributed by atoms with van der Waals surface area (Å²) in [6.45, 7) is 1.79. The SMILES string of the molecule is CCOC(=O)/C=C/C[C@H](NC(=O)c1cccc(C(F)(F)F)c1)C(N)=O. The molecule has 9 heteroatoms. The molecule has 0 spiro atoms. The summed E-state index contributed by atoms with van der Waals surface area (Å²) in [6.07, 6.45) is -2.36. The molecule has 3 N–H and O–H groups in total. The Labute approximate surface area is 141 Å². The van der Waals surface area contributed by atoms with Crippen molar-refractivity contribution in [1.82, 2.24) is 5.32 Å². The Hall–Kier alpha value is -2.84. The average Bonchev–Trinajstić information content (AvgIpc) is 2.53. The van der Waals surface area contributed by atoms with Crippen LogP contribution in [-0.4, -0.2) is 30.4 Å². The van der Waals surface area contributed by atoms with Crippen LogP contribution in [0.1, 0.15) is 29.3 Å². The predicted molar refractivity (Wildman–Crippen MR) is 82.3 cm³/mol. The molecule has 2 amide bonds. The van der Waals surface area contributed by atoms with Gasteiger partial charge in [0.15, 0.2) is 0 Å². The van der Waals surface area contributed by atoms with Gasteiger partial charge in [0.25, 0.3) is 5.91 Å². The number of primary amides is 1. The summed E-state index contributed by atoms with van der Waals surface area (Å²) in [7, 11) is 0. The van der Waals surface area contributed by atoms with E-state index in [0.717, 1.165) is 18.2 Å². The highest BCUT2D eigenvalue weighted by atomic mass is 19.4. The molecule has 25 heavy (non-hydrogen) atoms. The Morgan fingerprint density at radius 2 is 2.00 bits per heavy atom. The van der Waals surface area contributed by atoms with E-state index in [1.54, 1.807) is 6.92 Å². The van der Waals surface area contributed by atoms with Crippen molar-refractivity contribution in [1.29, 1.82) is 0 Å². The smallest absolute Gasteiger partial charge is 0.416 e. The lowest BCUT2D eigenvalue weighted by Crippen LogP contribution is -2.44. The van der Waals surface area contributed by atoms with E-state index >= 15 is 0 Å². The molecule has 1 rings (SSSR count). The first-order valence-electron chi connectivity index (χ1n) is 7.26. The number of benzene rings is 1. The maximum Gasteiger partial charge on any atom is 0.416 e. The van der Waals surface area contributed by atoms with Gasteiger partial charge in [-0.2, -0.15) is 13.2 Å². The number of nitrogens with one attached hydrogen (secondary N) is 1. The van der Waals surface area contributed by atoms with Gasteiger partial charge in [-0.15, -0.1) is 0 Å². The van der Waals surface area contributed by atoms with Gasteiger partial charge in [0.1, 0.15) is 6.04 Å². The van der Waals surface area contributed by atoms with Crippen LogP contribution in [0.15, 0.2) is 36.4 Å². The van der Waals surface area contributed by atoms with E-state index in [4.69, 9.17) is 5.73 Å². The second-order valence-electron chi connectivity index (χ2n) is 4.90. The minimum Gasteiger partial charge on any atom is -0.463 e. The molecule has 0 bridgehead atoms. The van der Waals surface area contributed by atoms with Crippen molar-refractivity contribution in [2.24, 2.45) is 5.73 Å². The van der Waals surface area contributed by atoms with Crippen LogP contribution in [0.3, 0.4) is 0 Å². The summed E-state index contributed by atoms with van der Waals surface area (Å²) in [5.74, 6) is -2.41. The number of amides is 2. The molecule has 136 valence electrons. The first kappa shape index (κ1) is 20.2. The number of halogens is 3. The van der Waals surface area contributed by atoms with E-state index in [-0.39, 0.29) is 18.6 Å². The quantitative estimate of drug-likeness (QED) is 0.573. The average molecular weight is 358 g/mol. The Morgan fingerprint density at radius 1 is 1.32 bits per heavy atom. The summed E-state index contributed by atoms with van der Waals surface area (Å²) >= 11 is 0. The molecule has 0 saturated heterocycles. The number of rotatable bonds is 7. The highest BCUT2D eigenvalue weighted by Crippen LogP contribution is 2.29. The highest BCUT2D eigenvalue weighted by molar-refractivity contribution is 5.97. The molecule has 0 aliphatic rings. The van der Waals surface area contributed by atoms with Crippen molar-refractivity contribution in [3.63, 3.8) is 0 Å². The minimum atomic E-state index is -4.60. The molecule has 0 aliphatic heterocycles. The molecule has 0 unspecified atom stereocenters. The molecule has 1 atom stereocenters. The number of hydrogen-bond donors (Lipinski definition) is 2. The van der Waals surface area contributed by atoms with Crippen molar-refractivity contribution in [3.8, 4) is 0 Å². The van der Waals surface area contributed by atoms with Gasteiger partial charge in [0.05, 0.1) is 12.2 Å². The Morgan fingerprint density at radius 3 is 2.56 bits per heavy atom. The summed E-state index contributed by atoms with van der Waals surface area (Å²) < 4.78 is 42.6. The standard InChI is InChI=1S/C16H17F3N2O4/c1-2-25-13(22)8-4-7-12(14(20)23)21-15(24)10-5-3-6-11(9-10)16(17,18)19/h3-6,8-9,12H,2,7H2,1H3,(H2,20,23)(H,21,24)/b8-4+/t12-/m0/s1. The number of hydrogen-bond acceptors (Lipinski definition) is 4. The van der Waals surface area contributed by atoms with Crippen LogP contribution in [0.4, 0.5) is 13.2 Å². The molecule has 0 fully saturated rings. The van der Waals surface area contributed by atoms with E-state index in [0.29, 0.717) is 6.07 Å². The zero-order valence-corrected chi connectivity index (χ0v) is 13.3. The molecule has 0 saturated carbocycles. The third-order valence-corrected chi connectivity index (χ3v) is 3.01. The number of nitrogens with two attached hydrogens (primary N) is 1. The first-order valence-corrected chi connectivity index (χ1v) is 7.26. The summed E-state index contributed by atoms with van der Waals surface area (Å²) in [4.78, 5) is 34.6.